The molecule has 4 aliphatic rings. The normalized spacial score (nSPS) is 26.2. The van der Waals surface area contributed by atoms with Crippen LogP contribution < -0.4 is 5.32 Å². The summed E-state index contributed by atoms with van der Waals surface area (Å²) in [6.45, 7) is 0. The van der Waals surface area contributed by atoms with Gasteiger partial charge in [0, 0.05) is 11.6 Å². The molecule has 6 rings (SSSR count). The second kappa shape index (κ2) is 5.11. The molecule has 0 radical (unpaired) electrons. The third-order valence-corrected chi connectivity index (χ3v) is 6.53. The minimum Gasteiger partial charge on any atom is -0.378 e. The molecule has 0 aromatic heterocycles. The molecule has 1 saturated heterocycles. The van der Waals surface area contributed by atoms with E-state index in [0.717, 1.165) is 12.8 Å². The lowest BCUT2D eigenvalue weighted by Gasteiger charge is -2.50. The topological polar surface area (TPSA) is 12.0 Å². The molecule has 1 aliphatic heterocycles. The first kappa shape index (κ1) is 14.4. The maximum atomic E-state index is 3.82. The Bertz CT molecular complexity index is 988. The van der Waals surface area contributed by atoms with Gasteiger partial charge in [-0.15, -0.1) is 0 Å². The Labute approximate surface area is 154 Å². The van der Waals surface area contributed by atoms with E-state index in [1.165, 1.54) is 33.5 Å². The third-order valence-electron chi connectivity index (χ3n) is 6.53. The molecule has 2 aromatic rings. The van der Waals surface area contributed by atoms with Crippen molar-refractivity contribution in [1.29, 1.82) is 0 Å². The lowest BCUT2D eigenvalue weighted by atomic mass is 9.57. The van der Waals surface area contributed by atoms with Crippen LogP contribution in [0.1, 0.15) is 24.0 Å². The summed E-state index contributed by atoms with van der Waals surface area (Å²) in [5, 5.41) is 3.82. The Kier molecular flexibility index (Phi) is 2.82. The average Bonchev–Trinajstić information content (AvgIpc) is 3.00. The third kappa shape index (κ3) is 1.61. The molecule has 2 atom stereocenters. The van der Waals surface area contributed by atoms with Crippen molar-refractivity contribution in [2.24, 2.45) is 5.92 Å². The summed E-state index contributed by atoms with van der Waals surface area (Å²) in [7, 11) is 0. The highest BCUT2D eigenvalue weighted by atomic mass is 15.0. The van der Waals surface area contributed by atoms with Crippen molar-refractivity contribution in [3.05, 3.63) is 107 Å². The van der Waals surface area contributed by atoms with Crippen molar-refractivity contribution < 1.29 is 0 Å². The molecule has 0 saturated carbocycles. The summed E-state index contributed by atoms with van der Waals surface area (Å²) in [4.78, 5) is 0. The van der Waals surface area contributed by atoms with E-state index in [-0.39, 0.29) is 5.41 Å². The molecule has 1 fully saturated rings. The Hall–Kier alpha value is -2.80. The van der Waals surface area contributed by atoms with Crippen LogP contribution >= 0.6 is 0 Å². The molecule has 3 aliphatic carbocycles. The Morgan fingerprint density at radius 2 is 1.42 bits per heavy atom. The van der Waals surface area contributed by atoms with Crippen molar-refractivity contribution in [1.82, 2.24) is 5.32 Å². The van der Waals surface area contributed by atoms with Gasteiger partial charge in [-0.3, -0.25) is 0 Å². The second-order valence-corrected chi connectivity index (χ2v) is 7.68. The predicted octanol–water partition coefficient (Wildman–Crippen LogP) is 5.27. The number of benzene rings is 2. The van der Waals surface area contributed by atoms with Crippen molar-refractivity contribution in [3.63, 3.8) is 0 Å². The fraction of sp³-hybridized carbons (Fsp3) is 0.200. The van der Waals surface area contributed by atoms with E-state index in [4.69, 9.17) is 0 Å². The van der Waals surface area contributed by atoms with Crippen molar-refractivity contribution in [3.8, 4) is 11.1 Å². The number of allylic oxidation sites excluding steroid dienone is 5. The van der Waals surface area contributed by atoms with Gasteiger partial charge in [0.2, 0.25) is 0 Å². The number of hydrogen-bond acceptors (Lipinski definition) is 1. The van der Waals surface area contributed by atoms with Crippen molar-refractivity contribution in [2.45, 2.75) is 24.3 Å². The van der Waals surface area contributed by atoms with Gasteiger partial charge in [-0.2, -0.15) is 0 Å². The van der Waals surface area contributed by atoms with Crippen molar-refractivity contribution >= 4 is 0 Å². The van der Waals surface area contributed by atoms with E-state index < -0.39 is 0 Å². The van der Waals surface area contributed by atoms with Crippen LogP contribution in [0.15, 0.2) is 96.3 Å². The SMILES string of the molecule is C1=CC2NC3=CCCC=C3C3(c4ccccc4-c4ccccc43)C2C=C1. The lowest BCUT2D eigenvalue weighted by molar-refractivity contribution is 0.342. The molecule has 1 spiro atoms. The van der Waals surface area contributed by atoms with Crippen LogP contribution in [-0.2, 0) is 5.41 Å². The van der Waals surface area contributed by atoms with Crippen molar-refractivity contribution in [2.75, 3.05) is 0 Å². The van der Waals surface area contributed by atoms with E-state index in [1.54, 1.807) is 0 Å². The highest BCUT2D eigenvalue weighted by Gasteiger charge is 2.55. The molecule has 2 unspecified atom stereocenters. The summed E-state index contributed by atoms with van der Waals surface area (Å²) < 4.78 is 0. The maximum Gasteiger partial charge on any atom is 0.0565 e. The van der Waals surface area contributed by atoms with Gasteiger partial charge in [-0.1, -0.05) is 85.0 Å². The van der Waals surface area contributed by atoms with E-state index in [0.29, 0.717) is 12.0 Å². The minimum atomic E-state index is -0.0867. The molecule has 0 bridgehead atoms. The first-order valence-electron chi connectivity index (χ1n) is 9.63. The highest BCUT2D eigenvalue weighted by Crippen LogP contribution is 2.61. The molecule has 2 aromatic carbocycles. The van der Waals surface area contributed by atoms with Crippen LogP contribution in [-0.4, -0.2) is 6.04 Å². The fourth-order valence-corrected chi connectivity index (χ4v) is 5.62. The van der Waals surface area contributed by atoms with Gasteiger partial charge in [-0.25, -0.2) is 0 Å². The molecular formula is C25H21N. The Morgan fingerprint density at radius 1 is 0.769 bits per heavy atom. The average molecular weight is 335 g/mol. The van der Waals surface area contributed by atoms with Crippen LogP contribution in [0.5, 0.6) is 0 Å². The number of fused-ring (bicyclic) bond motifs is 9. The first-order chi connectivity index (χ1) is 12.9. The van der Waals surface area contributed by atoms with Gasteiger partial charge in [-0.05, 0) is 40.7 Å². The van der Waals surface area contributed by atoms with Gasteiger partial charge in [0.05, 0.1) is 11.5 Å². The molecular weight excluding hydrogens is 314 g/mol. The van der Waals surface area contributed by atoms with E-state index in [9.17, 15) is 0 Å². The van der Waals surface area contributed by atoms with E-state index >= 15 is 0 Å². The van der Waals surface area contributed by atoms with Gasteiger partial charge < -0.3 is 5.32 Å². The minimum absolute atomic E-state index is 0.0867. The monoisotopic (exact) mass is 335 g/mol. The molecule has 1 nitrogen and oxygen atoms in total. The predicted molar refractivity (Wildman–Crippen MR) is 107 cm³/mol. The lowest BCUT2D eigenvalue weighted by Crippen LogP contribution is -2.54. The zero-order valence-corrected chi connectivity index (χ0v) is 14.7. The molecule has 1 heterocycles. The first-order valence-corrected chi connectivity index (χ1v) is 9.63. The summed E-state index contributed by atoms with van der Waals surface area (Å²) in [6, 6.07) is 18.4. The van der Waals surface area contributed by atoms with Crippen LogP contribution in [0.3, 0.4) is 0 Å². The molecule has 1 N–H and O–H groups in total. The Morgan fingerprint density at radius 3 is 2.19 bits per heavy atom. The van der Waals surface area contributed by atoms with Gasteiger partial charge in [0.15, 0.2) is 0 Å². The second-order valence-electron chi connectivity index (χ2n) is 7.68. The smallest absolute Gasteiger partial charge is 0.0565 e. The van der Waals surface area contributed by atoms with Gasteiger partial charge >= 0.3 is 0 Å². The van der Waals surface area contributed by atoms with Gasteiger partial charge in [0.1, 0.15) is 0 Å². The zero-order chi connectivity index (χ0) is 17.1. The number of rotatable bonds is 0. The molecule has 26 heavy (non-hydrogen) atoms. The standard InChI is InChI=1S/C25H21N/c1-3-11-19-17(9-1)18-10-2-4-12-20(18)25(19)21-13-5-7-15-23(21)26-24-16-8-6-14-22(24)25/h1-5,7,9-16,21,23,26H,6,8H2. The van der Waals surface area contributed by atoms with E-state index in [1.807, 2.05) is 0 Å². The maximum absolute atomic E-state index is 3.82. The van der Waals surface area contributed by atoms with Crippen LogP contribution in [0, 0.1) is 5.92 Å². The number of hydrogen-bond donors (Lipinski definition) is 1. The summed E-state index contributed by atoms with van der Waals surface area (Å²) in [6.07, 6.45) is 16.3. The quantitative estimate of drug-likeness (QED) is 0.691. The largest absolute Gasteiger partial charge is 0.378 e. The molecule has 0 amide bonds. The summed E-state index contributed by atoms with van der Waals surface area (Å²) >= 11 is 0. The summed E-state index contributed by atoms with van der Waals surface area (Å²) in [5.74, 6) is 0.388. The van der Waals surface area contributed by atoms with Crippen LogP contribution in [0.25, 0.3) is 11.1 Å². The van der Waals surface area contributed by atoms with Crippen LogP contribution in [0.4, 0.5) is 0 Å². The molecule has 126 valence electrons. The number of nitrogens with one attached hydrogen (secondary N) is 1. The number of piperidine rings is 1. The zero-order valence-electron chi connectivity index (χ0n) is 14.7. The highest BCUT2D eigenvalue weighted by molar-refractivity contribution is 5.85. The van der Waals surface area contributed by atoms with E-state index in [2.05, 4.69) is 90.3 Å². The summed E-state index contributed by atoms with van der Waals surface area (Å²) in [5.41, 5.74) is 8.46. The van der Waals surface area contributed by atoms with Crippen LogP contribution in [0.2, 0.25) is 0 Å². The fourth-order valence-electron chi connectivity index (χ4n) is 5.62. The van der Waals surface area contributed by atoms with Gasteiger partial charge in [0.25, 0.3) is 0 Å². The Balaban J connectivity index is 1.76. The molecule has 1 heteroatoms.